The van der Waals surface area contributed by atoms with E-state index in [1.165, 1.54) is 0 Å². The number of rotatable bonds is 4. The number of hydrogen-bond acceptors (Lipinski definition) is 6. The predicted molar refractivity (Wildman–Crippen MR) is 70.4 cm³/mol. The van der Waals surface area contributed by atoms with Crippen LogP contribution in [0, 0.1) is 11.3 Å². The van der Waals surface area contributed by atoms with Crippen LogP contribution >= 0.6 is 0 Å². The SMILES string of the molecule is N#Cc1cccc(NCc2nc(-c3ccco3)n[nH]2)n1. The largest absolute Gasteiger partial charge is 0.461 e. The highest BCUT2D eigenvalue weighted by atomic mass is 16.3. The van der Waals surface area contributed by atoms with Crippen molar-refractivity contribution in [3.8, 4) is 17.7 Å². The number of nitrogens with one attached hydrogen (secondary N) is 2. The fourth-order valence-electron chi connectivity index (χ4n) is 1.66. The molecule has 0 amide bonds. The van der Waals surface area contributed by atoms with Crippen LogP contribution in [0.1, 0.15) is 11.5 Å². The summed E-state index contributed by atoms with van der Waals surface area (Å²) in [5, 5.41) is 18.7. The average molecular weight is 266 g/mol. The summed E-state index contributed by atoms with van der Waals surface area (Å²) in [4.78, 5) is 8.40. The maximum atomic E-state index is 8.78. The average Bonchev–Trinajstić information content (AvgIpc) is 3.16. The van der Waals surface area contributed by atoms with Gasteiger partial charge in [-0.15, -0.1) is 5.10 Å². The highest BCUT2D eigenvalue weighted by Gasteiger charge is 2.08. The van der Waals surface area contributed by atoms with Crippen LogP contribution in [0.3, 0.4) is 0 Å². The topological polar surface area (TPSA) is 103 Å². The standard InChI is InChI=1S/C13H10N6O/c14-7-9-3-1-5-11(16-9)15-8-12-17-13(19-18-12)10-4-2-6-20-10/h1-6H,8H2,(H,15,16)(H,17,18,19). The molecule has 3 rings (SSSR count). The van der Waals surface area contributed by atoms with Gasteiger partial charge in [0.1, 0.15) is 23.4 Å². The van der Waals surface area contributed by atoms with Gasteiger partial charge in [0.25, 0.3) is 0 Å². The van der Waals surface area contributed by atoms with Crippen molar-refractivity contribution in [1.82, 2.24) is 20.2 Å². The molecule has 7 heteroatoms. The van der Waals surface area contributed by atoms with E-state index in [0.717, 1.165) is 0 Å². The molecule has 3 heterocycles. The number of nitriles is 1. The molecule has 3 aromatic heterocycles. The van der Waals surface area contributed by atoms with Crippen molar-refractivity contribution in [2.75, 3.05) is 5.32 Å². The molecule has 0 aliphatic rings. The Hall–Kier alpha value is -3.14. The molecule has 0 saturated carbocycles. The summed E-state index contributed by atoms with van der Waals surface area (Å²) in [5.74, 6) is 2.38. The molecule has 0 unspecified atom stereocenters. The highest BCUT2D eigenvalue weighted by Crippen LogP contribution is 2.14. The number of H-pyrrole nitrogens is 1. The molecular formula is C13H10N6O. The van der Waals surface area contributed by atoms with Crippen LogP contribution in [0.25, 0.3) is 11.6 Å². The maximum absolute atomic E-state index is 8.78. The van der Waals surface area contributed by atoms with Gasteiger partial charge < -0.3 is 9.73 Å². The fraction of sp³-hybridized carbons (Fsp3) is 0.0769. The Bertz CT molecular complexity index is 740. The molecule has 0 fully saturated rings. The van der Waals surface area contributed by atoms with Crippen molar-refractivity contribution in [1.29, 1.82) is 5.26 Å². The molecule has 0 radical (unpaired) electrons. The summed E-state index contributed by atoms with van der Waals surface area (Å²) in [6.07, 6.45) is 1.57. The summed E-state index contributed by atoms with van der Waals surface area (Å²) >= 11 is 0. The van der Waals surface area contributed by atoms with E-state index in [0.29, 0.717) is 35.5 Å². The van der Waals surface area contributed by atoms with Crippen molar-refractivity contribution in [3.05, 3.63) is 48.1 Å². The Kier molecular flexibility index (Phi) is 3.12. The molecule has 3 aromatic rings. The molecule has 0 bridgehead atoms. The fourth-order valence-corrected chi connectivity index (χ4v) is 1.66. The first-order valence-electron chi connectivity index (χ1n) is 5.91. The van der Waals surface area contributed by atoms with Gasteiger partial charge in [0.2, 0.25) is 5.82 Å². The zero-order valence-corrected chi connectivity index (χ0v) is 10.4. The molecule has 0 atom stereocenters. The van der Waals surface area contributed by atoms with E-state index < -0.39 is 0 Å². The highest BCUT2D eigenvalue weighted by molar-refractivity contribution is 5.45. The van der Waals surface area contributed by atoms with E-state index in [9.17, 15) is 0 Å². The lowest BCUT2D eigenvalue weighted by Gasteiger charge is -2.02. The Morgan fingerprint density at radius 3 is 3.00 bits per heavy atom. The van der Waals surface area contributed by atoms with Crippen LogP contribution in [-0.2, 0) is 6.54 Å². The summed E-state index contributed by atoms with van der Waals surface area (Å²) in [6.45, 7) is 0.426. The van der Waals surface area contributed by atoms with E-state index in [4.69, 9.17) is 9.68 Å². The third-order valence-electron chi connectivity index (χ3n) is 2.57. The third kappa shape index (κ3) is 2.49. The van der Waals surface area contributed by atoms with Crippen LogP contribution < -0.4 is 5.32 Å². The van der Waals surface area contributed by atoms with Crippen molar-refractivity contribution in [3.63, 3.8) is 0 Å². The molecule has 7 nitrogen and oxygen atoms in total. The van der Waals surface area contributed by atoms with Crippen LogP contribution in [0.4, 0.5) is 5.82 Å². The van der Waals surface area contributed by atoms with Gasteiger partial charge in [-0.25, -0.2) is 9.97 Å². The van der Waals surface area contributed by atoms with Crippen molar-refractivity contribution < 1.29 is 4.42 Å². The van der Waals surface area contributed by atoms with Gasteiger partial charge in [-0.3, -0.25) is 5.10 Å². The van der Waals surface area contributed by atoms with Crippen LogP contribution in [0.5, 0.6) is 0 Å². The Labute approximate surface area is 114 Å². The lowest BCUT2D eigenvalue weighted by molar-refractivity contribution is 0.577. The molecule has 20 heavy (non-hydrogen) atoms. The molecule has 2 N–H and O–H groups in total. The quantitative estimate of drug-likeness (QED) is 0.748. The Balaban J connectivity index is 1.68. The van der Waals surface area contributed by atoms with Gasteiger partial charge in [-0.2, -0.15) is 5.26 Å². The van der Waals surface area contributed by atoms with Gasteiger partial charge in [-0.1, -0.05) is 6.07 Å². The van der Waals surface area contributed by atoms with Crippen molar-refractivity contribution in [2.24, 2.45) is 0 Å². The monoisotopic (exact) mass is 266 g/mol. The van der Waals surface area contributed by atoms with E-state index in [1.54, 1.807) is 36.6 Å². The molecule has 0 aromatic carbocycles. The number of nitrogens with zero attached hydrogens (tertiary/aromatic N) is 4. The summed E-state index contributed by atoms with van der Waals surface area (Å²) in [5.41, 5.74) is 0.365. The first kappa shape index (κ1) is 11.9. The van der Waals surface area contributed by atoms with Crippen LogP contribution in [0.2, 0.25) is 0 Å². The smallest absolute Gasteiger partial charge is 0.216 e. The normalized spacial score (nSPS) is 10.2. The van der Waals surface area contributed by atoms with Gasteiger partial charge >= 0.3 is 0 Å². The molecule has 98 valence electrons. The summed E-state index contributed by atoms with van der Waals surface area (Å²) in [7, 11) is 0. The zero-order chi connectivity index (χ0) is 13.8. The summed E-state index contributed by atoms with van der Waals surface area (Å²) < 4.78 is 5.21. The Morgan fingerprint density at radius 1 is 1.25 bits per heavy atom. The number of pyridine rings is 1. The second kappa shape index (κ2) is 5.24. The molecule has 0 spiro atoms. The minimum Gasteiger partial charge on any atom is -0.461 e. The minimum absolute atomic E-state index is 0.365. The number of anilines is 1. The lowest BCUT2D eigenvalue weighted by Crippen LogP contribution is -2.03. The van der Waals surface area contributed by atoms with Gasteiger partial charge in [0.05, 0.1) is 12.8 Å². The second-order valence-electron chi connectivity index (χ2n) is 3.96. The third-order valence-corrected chi connectivity index (χ3v) is 2.57. The molecular weight excluding hydrogens is 256 g/mol. The second-order valence-corrected chi connectivity index (χ2v) is 3.96. The van der Waals surface area contributed by atoms with Crippen LogP contribution in [-0.4, -0.2) is 20.2 Å². The van der Waals surface area contributed by atoms with E-state index in [2.05, 4.69) is 25.5 Å². The number of hydrogen-bond donors (Lipinski definition) is 2. The van der Waals surface area contributed by atoms with E-state index >= 15 is 0 Å². The van der Waals surface area contributed by atoms with Crippen LogP contribution in [0.15, 0.2) is 41.0 Å². The molecule has 0 saturated heterocycles. The van der Waals surface area contributed by atoms with E-state index in [-0.39, 0.29) is 0 Å². The number of furan rings is 1. The predicted octanol–water partition coefficient (Wildman–Crippen LogP) is 1.94. The first-order chi connectivity index (χ1) is 9.85. The zero-order valence-electron chi connectivity index (χ0n) is 10.4. The van der Waals surface area contributed by atoms with E-state index in [1.807, 2.05) is 6.07 Å². The lowest BCUT2D eigenvalue weighted by atomic mass is 10.3. The molecule has 0 aliphatic heterocycles. The van der Waals surface area contributed by atoms with Gasteiger partial charge in [0, 0.05) is 0 Å². The summed E-state index contributed by atoms with van der Waals surface area (Å²) in [6, 6.07) is 10.8. The number of aromatic nitrogens is 4. The minimum atomic E-state index is 0.365. The maximum Gasteiger partial charge on any atom is 0.216 e. The number of aromatic amines is 1. The Morgan fingerprint density at radius 2 is 2.20 bits per heavy atom. The van der Waals surface area contributed by atoms with Gasteiger partial charge in [-0.05, 0) is 24.3 Å². The molecule has 0 aliphatic carbocycles. The van der Waals surface area contributed by atoms with Crippen molar-refractivity contribution in [2.45, 2.75) is 6.54 Å². The van der Waals surface area contributed by atoms with Gasteiger partial charge in [0.15, 0.2) is 5.76 Å². The first-order valence-corrected chi connectivity index (χ1v) is 5.91. The van der Waals surface area contributed by atoms with Crippen molar-refractivity contribution >= 4 is 5.82 Å².